The van der Waals surface area contributed by atoms with Gasteiger partial charge in [-0.05, 0) is 12.8 Å². The van der Waals surface area contributed by atoms with Crippen LogP contribution in [0.2, 0.25) is 0 Å². The molecule has 13 nitrogen and oxygen atoms in total. The Morgan fingerprint density at radius 1 is 1.31 bits per heavy atom. The van der Waals surface area contributed by atoms with E-state index in [1.807, 2.05) is 0 Å². The van der Waals surface area contributed by atoms with Crippen molar-refractivity contribution in [2.75, 3.05) is 6.54 Å². The van der Waals surface area contributed by atoms with Gasteiger partial charge in [0.05, 0.1) is 6.42 Å². The number of amides is 6. The summed E-state index contributed by atoms with van der Waals surface area (Å²) >= 11 is 0. The van der Waals surface area contributed by atoms with Gasteiger partial charge in [-0.2, -0.15) is 5.01 Å². The molecule has 2 atom stereocenters. The van der Waals surface area contributed by atoms with Crippen LogP contribution in [0.25, 0.3) is 0 Å². The number of carbonyl (C=O) groups excluding carboxylic acids is 5. The van der Waals surface area contributed by atoms with Gasteiger partial charge in [-0.25, -0.2) is 9.80 Å². The fourth-order valence-electron chi connectivity index (χ4n) is 2.45. The Morgan fingerprint density at radius 2 is 1.92 bits per heavy atom. The topological polar surface area (TPSA) is 218 Å². The van der Waals surface area contributed by atoms with Gasteiger partial charge in [-0.3, -0.25) is 24.6 Å². The number of hydrogen-bond acceptors (Lipinski definition) is 6. The van der Waals surface area contributed by atoms with Gasteiger partial charge in [-0.1, -0.05) is 0 Å². The summed E-state index contributed by atoms with van der Waals surface area (Å²) in [5, 5.41) is 13.0. The first-order valence-corrected chi connectivity index (χ1v) is 7.66. The number of hydrazine groups is 1. The maximum absolute atomic E-state index is 12.5. The van der Waals surface area contributed by atoms with E-state index in [0.29, 0.717) is 23.0 Å². The number of imide groups is 1. The first kappa shape index (κ1) is 20.7. The molecule has 0 aromatic heterocycles. The van der Waals surface area contributed by atoms with Crippen molar-refractivity contribution in [1.29, 1.82) is 5.41 Å². The van der Waals surface area contributed by atoms with Crippen molar-refractivity contribution >= 4 is 35.6 Å². The molecule has 0 bridgehead atoms. The average molecular weight is 370 g/mol. The van der Waals surface area contributed by atoms with E-state index in [2.05, 4.69) is 10.6 Å². The Hall–Kier alpha value is -3.38. The van der Waals surface area contributed by atoms with Crippen LogP contribution in [0.5, 0.6) is 0 Å². The van der Waals surface area contributed by atoms with E-state index in [1.54, 1.807) is 0 Å². The highest BCUT2D eigenvalue weighted by Gasteiger charge is 2.46. The van der Waals surface area contributed by atoms with Gasteiger partial charge < -0.3 is 27.8 Å². The zero-order valence-electron chi connectivity index (χ0n) is 14.2. The predicted octanol–water partition coefficient (Wildman–Crippen LogP) is -3.34. The lowest BCUT2D eigenvalue weighted by atomic mass is 10.1. The van der Waals surface area contributed by atoms with Crippen molar-refractivity contribution in [3.63, 3.8) is 0 Å². The lowest BCUT2D eigenvalue weighted by molar-refractivity contribution is -0.162. The standard InChI is InChI=1S/C13H22N8O5/c1-6(22)20(8(10(15)24)5-9(14)23)21-11(25)7(19-13(21)26)3-2-4-18-12(16)17/h7-8H,2-5H2,1H3,(H2,14,23)(H2,15,24)(H,19,26)(H4,16,17,18)/t7?,8-/m0/s1. The summed E-state index contributed by atoms with van der Waals surface area (Å²) in [7, 11) is 0. The molecule has 0 aromatic rings. The molecule has 6 amide bonds. The molecule has 0 spiro atoms. The number of urea groups is 1. The third-order valence-electron chi connectivity index (χ3n) is 3.54. The summed E-state index contributed by atoms with van der Waals surface area (Å²) in [6, 6.07) is -3.44. The van der Waals surface area contributed by atoms with E-state index >= 15 is 0 Å². The van der Waals surface area contributed by atoms with Crippen molar-refractivity contribution in [3.05, 3.63) is 0 Å². The van der Waals surface area contributed by atoms with Crippen LogP contribution in [-0.2, 0) is 19.2 Å². The molecule has 1 heterocycles. The quantitative estimate of drug-likeness (QED) is 0.105. The maximum atomic E-state index is 12.5. The predicted molar refractivity (Wildman–Crippen MR) is 87.6 cm³/mol. The summed E-state index contributed by atoms with van der Waals surface area (Å²) < 4.78 is 0. The van der Waals surface area contributed by atoms with Crippen LogP contribution >= 0.6 is 0 Å². The molecule has 1 rings (SSSR count). The molecule has 144 valence electrons. The van der Waals surface area contributed by atoms with Gasteiger partial charge in [-0.15, -0.1) is 0 Å². The normalized spacial score (nSPS) is 17.4. The largest absolute Gasteiger partial charge is 0.370 e. The van der Waals surface area contributed by atoms with Gasteiger partial charge in [0.1, 0.15) is 12.1 Å². The van der Waals surface area contributed by atoms with Gasteiger partial charge in [0.2, 0.25) is 17.7 Å². The third-order valence-corrected chi connectivity index (χ3v) is 3.54. The molecule has 0 radical (unpaired) electrons. The second kappa shape index (κ2) is 8.64. The number of carbonyl (C=O) groups is 5. The van der Waals surface area contributed by atoms with E-state index in [9.17, 15) is 24.0 Å². The lowest BCUT2D eigenvalue weighted by Crippen LogP contribution is -2.59. The van der Waals surface area contributed by atoms with Crippen LogP contribution in [0, 0.1) is 5.41 Å². The minimum absolute atomic E-state index is 0.199. The summed E-state index contributed by atoms with van der Waals surface area (Å²) in [5.74, 6) is -3.86. The first-order chi connectivity index (χ1) is 12.1. The van der Waals surface area contributed by atoms with Crippen molar-refractivity contribution in [1.82, 2.24) is 20.7 Å². The van der Waals surface area contributed by atoms with Crippen molar-refractivity contribution in [2.24, 2.45) is 17.2 Å². The average Bonchev–Trinajstić information content (AvgIpc) is 2.77. The summed E-state index contributed by atoms with van der Waals surface area (Å²) in [6.45, 7) is 1.32. The smallest absolute Gasteiger partial charge is 0.344 e. The molecule has 1 unspecified atom stereocenters. The molecule has 1 saturated heterocycles. The molecule has 9 N–H and O–H groups in total. The number of hydrogen-bond donors (Lipinski definition) is 6. The van der Waals surface area contributed by atoms with Gasteiger partial charge in [0.25, 0.3) is 5.91 Å². The molecule has 1 aliphatic heterocycles. The maximum Gasteiger partial charge on any atom is 0.344 e. The van der Waals surface area contributed by atoms with E-state index in [1.165, 1.54) is 0 Å². The van der Waals surface area contributed by atoms with Crippen molar-refractivity contribution < 1.29 is 24.0 Å². The molecule has 0 aliphatic carbocycles. The number of rotatable bonds is 9. The highest BCUT2D eigenvalue weighted by atomic mass is 16.2. The van der Waals surface area contributed by atoms with Crippen molar-refractivity contribution in [2.45, 2.75) is 38.3 Å². The number of guanidine groups is 1. The highest BCUT2D eigenvalue weighted by molar-refractivity contribution is 6.06. The van der Waals surface area contributed by atoms with Crippen molar-refractivity contribution in [3.8, 4) is 0 Å². The summed E-state index contributed by atoms with van der Waals surface area (Å²) in [6.07, 6.45) is -0.0476. The number of nitrogens with zero attached hydrogens (tertiary/aromatic N) is 2. The molecule has 1 fully saturated rings. The van der Waals surface area contributed by atoms with Gasteiger partial charge in [0.15, 0.2) is 5.96 Å². The molecular weight excluding hydrogens is 348 g/mol. The van der Waals surface area contributed by atoms with Crippen LogP contribution in [0.3, 0.4) is 0 Å². The minimum Gasteiger partial charge on any atom is -0.370 e. The SMILES string of the molecule is CC(=O)N([C@@H](CC(N)=O)C(N)=O)N1C(=O)NC(CCCNC(=N)N)C1=O. The Kier molecular flexibility index (Phi) is 6.87. The molecule has 0 saturated carbocycles. The number of nitrogens with one attached hydrogen (secondary N) is 3. The zero-order chi connectivity index (χ0) is 20.0. The summed E-state index contributed by atoms with van der Waals surface area (Å²) in [4.78, 5) is 59.4. The number of nitrogens with two attached hydrogens (primary N) is 3. The van der Waals surface area contributed by atoms with Gasteiger partial charge in [0, 0.05) is 13.5 Å². The number of primary amides is 2. The molecule has 1 aliphatic rings. The Labute approximate surface area is 148 Å². The van der Waals surface area contributed by atoms with E-state index in [-0.39, 0.29) is 12.4 Å². The lowest BCUT2D eigenvalue weighted by Gasteiger charge is -2.33. The van der Waals surface area contributed by atoms with Crippen LogP contribution < -0.4 is 27.8 Å². The van der Waals surface area contributed by atoms with Crippen LogP contribution in [0.4, 0.5) is 4.79 Å². The van der Waals surface area contributed by atoms with Crippen LogP contribution in [0.15, 0.2) is 0 Å². The Morgan fingerprint density at radius 3 is 2.38 bits per heavy atom. The molecule has 0 aromatic carbocycles. The second-order valence-corrected chi connectivity index (χ2v) is 5.59. The third kappa shape index (κ3) is 5.06. The fraction of sp³-hybridized carbons (Fsp3) is 0.538. The van der Waals surface area contributed by atoms with E-state index in [0.717, 1.165) is 6.92 Å². The van der Waals surface area contributed by atoms with Crippen LogP contribution in [0.1, 0.15) is 26.2 Å². The molecule has 13 heteroatoms. The summed E-state index contributed by atoms with van der Waals surface area (Å²) in [5.41, 5.74) is 15.4. The fourth-order valence-corrected chi connectivity index (χ4v) is 2.45. The minimum atomic E-state index is -1.57. The van der Waals surface area contributed by atoms with Crippen LogP contribution in [-0.4, -0.2) is 64.3 Å². The molecular formula is C13H22N8O5. The Balaban J connectivity index is 2.94. The van der Waals surface area contributed by atoms with Gasteiger partial charge >= 0.3 is 6.03 Å². The van der Waals surface area contributed by atoms with E-state index in [4.69, 9.17) is 22.6 Å². The molecule has 26 heavy (non-hydrogen) atoms. The second-order valence-electron chi connectivity index (χ2n) is 5.59. The highest BCUT2D eigenvalue weighted by Crippen LogP contribution is 2.18. The van der Waals surface area contributed by atoms with E-state index < -0.39 is 48.2 Å². The first-order valence-electron chi connectivity index (χ1n) is 7.66. The Bertz CT molecular complexity index is 636. The monoisotopic (exact) mass is 370 g/mol. The zero-order valence-corrected chi connectivity index (χ0v) is 14.2.